The van der Waals surface area contributed by atoms with E-state index in [9.17, 15) is 14.4 Å². The second-order valence-electron chi connectivity index (χ2n) is 24.1. The molecule has 0 bridgehead atoms. The highest BCUT2D eigenvalue weighted by Crippen LogP contribution is 2.17. The molecule has 480 valence electrons. The molecule has 0 aromatic heterocycles. The molecule has 0 aliphatic rings. The van der Waals surface area contributed by atoms with Gasteiger partial charge in [0.25, 0.3) is 0 Å². The van der Waals surface area contributed by atoms with Gasteiger partial charge in [-0.2, -0.15) is 0 Å². The van der Waals surface area contributed by atoms with Gasteiger partial charge in [-0.1, -0.05) is 318 Å². The number of allylic oxidation sites excluding steroid dienone is 14. The average Bonchev–Trinajstić information content (AvgIpc) is 3.50. The maximum Gasteiger partial charge on any atom is 0.306 e. The van der Waals surface area contributed by atoms with Crippen molar-refractivity contribution in [2.75, 3.05) is 13.2 Å². The summed E-state index contributed by atoms with van der Waals surface area (Å²) in [4.78, 5) is 38.5. The van der Waals surface area contributed by atoms with Gasteiger partial charge in [0.15, 0.2) is 6.10 Å². The maximum atomic E-state index is 13.0. The molecule has 0 saturated carbocycles. The molecule has 0 spiro atoms. The lowest BCUT2D eigenvalue weighted by Crippen LogP contribution is -2.30. The summed E-state index contributed by atoms with van der Waals surface area (Å²) < 4.78 is 17.0. The van der Waals surface area contributed by atoms with Gasteiger partial charge in [0, 0.05) is 19.3 Å². The zero-order valence-electron chi connectivity index (χ0n) is 55.2. The predicted octanol–water partition coefficient (Wildman–Crippen LogP) is 25.0. The minimum absolute atomic E-state index is 0.0792. The number of hydrogen-bond donors (Lipinski definition) is 0. The van der Waals surface area contributed by atoms with E-state index >= 15 is 0 Å². The van der Waals surface area contributed by atoms with Crippen molar-refractivity contribution in [1.29, 1.82) is 0 Å². The van der Waals surface area contributed by atoms with Crippen LogP contribution in [0.4, 0.5) is 0 Å². The average molecular weight is 1160 g/mol. The third-order valence-corrected chi connectivity index (χ3v) is 15.9. The Morgan fingerprint density at radius 3 is 0.735 bits per heavy atom. The van der Waals surface area contributed by atoms with Crippen LogP contribution in [-0.2, 0) is 28.6 Å². The second kappa shape index (κ2) is 71.1. The summed E-state index contributed by atoms with van der Waals surface area (Å²) in [6.45, 7) is 6.55. The van der Waals surface area contributed by atoms with Crippen LogP contribution < -0.4 is 0 Å². The highest BCUT2D eigenvalue weighted by Gasteiger charge is 2.19. The van der Waals surface area contributed by atoms with Gasteiger partial charge in [0.2, 0.25) is 0 Å². The second-order valence-corrected chi connectivity index (χ2v) is 24.1. The molecule has 6 heteroatoms. The van der Waals surface area contributed by atoms with Crippen LogP contribution in [0.5, 0.6) is 0 Å². The summed E-state index contributed by atoms with van der Waals surface area (Å²) >= 11 is 0. The molecule has 0 radical (unpaired) electrons. The van der Waals surface area contributed by atoms with Gasteiger partial charge >= 0.3 is 17.9 Å². The molecule has 1 unspecified atom stereocenters. The van der Waals surface area contributed by atoms with E-state index in [4.69, 9.17) is 14.2 Å². The summed E-state index contributed by atoms with van der Waals surface area (Å²) in [5.41, 5.74) is 0. The Labute approximate surface area is 515 Å². The van der Waals surface area contributed by atoms with E-state index in [2.05, 4.69) is 106 Å². The van der Waals surface area contributed by atoms with E-state index in [0.29, 0.717) is 19.3 Å². The first-order valence-electron chi connectivity index (χ1n) is 36.1. The number of rotatable bonds is 66. The molecule has 1 atom stereocenters. The summed E-state index contributed by atoms with van der Waals surface area (Å²) in [5.74, 6) is -0.874. The highest BCUT2D eigenvalue weighted by atomic mass is 16.6. The molecule has 0 rings (SSSR count). The molecule has 0 saturated heterocycles. The zero-order chi connectivity index (χ0) is 59.9. The van der Waals surface area contributed by atoms with Gasteiger partial charge in [-0.3, -0.25) is 14.4 Å². The number of carbonyl (C=O) groups is 3. The first kappa shape index (κ1) is 79.6. The Hall–Kier alpha value is -3.41. The Bertz CT molecular complexity index is 1570. The Kier molecular flexibility index (Phi) is 68.2. The fourth-order valence-corrected chi connectivity index (χ4v) is 10.5. The zero-order valence-corrected chi connectivity index (χ0v) is 55.2. The fraction of sp³-hybridized carbons (Fsp3) is 0.779. The predicted molar refractivity (Wildman–Crippen MR) is 362 cm³/mol. The molecule has 6 nitrogen and oxygen atoms in total. The van der Waals surface area contributed by atoms with Gasteiger partial charge in [-0.05, 0) is 116 Å². The van der Waals surface area contributed by atoms with Gasteiger partial charge in [-0.25, -0.2) is 0 Å². The third-order valence-electron chi connectivity index (χ3n) is 15.9. The van der Waals surface area contributed by atoms with Crippen molar-refractivity contribution in [2.24, 2.45) is 0 Å². The Balaban J connectivity index is 4.32. The molecular formula is C77H136O6. The van der Waals surface area contributed by atoms with Crippen molar-refractivity contribution >= 4 is 17.9 Å². The van der Waals surface area contributed by atoms with Crippen molar-refractivity contribution in [3.8, 4) is 0 Å². The van der Waals surface area contributed by atoms with Gasteiger partial charge in [0.1, 0.15) is 13.2 Å². The van der Waals surface area contributed by atoms with Gasteiger partial charge in [-0.15, -0.1) is 0 Å². The minimum atomic E-state index is -0.785. The molecule has 0 aliphatic carbocycles. The van der Waals surface area contributed by atoms with Crippen LogP contribution in [-0.4, -0.2) is 37.2 Å². The van der Waals surface area contributed by atoms with E-state index in [-0.39, 0.29) is 31.1 Å². The number of esters is 3. The molecule has 0 amide bonds. The summed E-state index contributed by atoms with van der Waals surface area (Å²) in [6, 6.07) is 0. The van der Waals surface area contributed by atoms with E-state index in [0.717, 1.165) is 96.3 Å². The van der Waals surface area contributed by atoms with E-state index in [1.807, 2.05) is 0 Å². The first-order chi connectivity index (χ1) is 41.0. The Morgan fingerprint density at radius 1 is 0.253 bits per heavy atom. The van der Waals surface area contributed by atoms with Crippen LogP contribution in [0.2, 0.25) is 0 Å². The maximum absolute atomic E-state index is 13.0. The molecule has 0 N–H and O–H groups in total. The van der Waals surface area contributed by atoms with E-state index < -0.39 is 6.10 Å². The molecule has 83 heavy (non-hydrogen) atoms. The smallest absolute Gasteiger partial charge is 0.306 e. The van der Waals surface area contributed by atoms with Crippen LogP contribution in [0.15, 0.2) is 85.1 Å². The van der Waals surface area contributed by atoms with Gasteiger partial charge < -0.3 is 14.2 Å². The van der Waals surface area contributed by atoms with Crippen molar-refractivity contribution in [1.82, 2.24) is 0 Å². The molecule has 0 fully saturated rings. The fourth-order valence-electron chi connectivity index (χ4n) is 10.5. The topological polar surface area (TPSA) is 78.9 Å². The lowest BCUT2D eigenvalue weighted by atomic mass is 10.0. The summed E-state index contributed by atoms with van der Waals surface area (Å²) in [5, 5.41) is 0. The molecule has 0 aliphatic heterocycles. The molecule has 0 aromatic carbocycles. The molecule has 0 heterocycles. The minimum Gasteiger partial charge on any atom is -0.462 e. The van der Waals surface area contributed by atoms with Crippen LogP contribution in [0, 0.1) is 0 Å². The number of carbonyl (C=O) groups excluding carboxylic acids is 3. The molecular weight excluding hydrogens is 1020 g/mol. The summed E-state index contributed by atoms with van der Waals surface area (Å²) in [6.07, 6.45) is 94.6. The number of ether oxygens (including phenoxy) is 3. The lowest BCUT2D eigenvalue weighted by Gasteiger charge is -2.18. The Morgan fingerprint density at radius 2 is 0.470 bits per heavy atom. The monoisotopic (exact) mass is 1160 g/mol. The summed E-state index contributed by atoms with van der Waals surface area (Å²) in [7, 11) is 0. The van der Waals surface area contributed by atoms with E-state index in [1.165, 1.54) is 231 Å². The standard InChI is InChI=1S/C77H136O6/c1-4-7-10-13-16-19-22-25-28-31-33-35-36-37-38-39-40-42-43-46-49-52-55-58-61-64-67-70-76(79)82-73-74(72-81-75(78)69-66-63-60-57-54-51-48-45-30-27-24-21-18-15-12-9-6-3)83-77(80)71-68-65-62-59-56-53-50-47-44-41-34-32-29-26-23-20-17-14-11-8-5-2/h9,12,18,21-23,25-27,30-34,74H,4-8,10-11,13-17,19-20,24,28-29,35-73H2,1-3H3/b12-9-,21-18-,25-22-,26-23-,30-27-,33-31-,34-32-. The normalized spacial score (nSPS) is 12.6. The van der Waals surface area contributed by atoms with Crippen LogP contribution >= 0.6 is 0 Å². The third kappa shape index (κ3) is 69.3. The highest BCUT2D eigenvalue weighted by molar-refractivity contribution is 5.71. The van der Waals surface area contributed by atoms with Crippen molar-refractivity contribution in [2.45, 2.75) is 374 Å². The number of hydrogen-bond acceptors (Lipinski definition) is 6. The quantitative estimate of drug-likeness (QED) is 0.0261. The first-order valence-corrected chi connectivity index (χ1v) is 36.1. The van der Waals surface area contributed by atoms with Gasteiger partial charge in [0.05, 0.1) is 0 Å². The van der Waals surface area contributed by atoms with Crippen LogP contribution in [0.1, 0.15) is 367 Å². The number of unbranched alkanes of at least 4 members (excludes halogenated alkanes) is 41. The lowest BCUT2D eigenvalue weighted by molar-refractivity contribution is -0.167. The van der Waals surface area contributed by atoms with Crippen LogP contribution in [0.25, 0.3) is 0 Å². The van der Waals surface area contributed by atoms with Crippen molar-refractivity contribution < 1.29 is 28.6 Å². The largest absolute Gasteiger partial charge is 0.462 e. The van der Waals surface area contributed by atoms with Crippen molar-refractivity contribution in [3.05, 3.63) is 85.1 Å². The van der Waals surface area contributed by atoms with E-state index in [1.54, 1.807) is 0 Å². The molecule has 0 aromatic rings. The SMILES string of the molecule is CC/C=C\C/C=C\C/C=C\CCCCCCCCCC(=O)OCC(COC(=O)CCCCCCCCCCCCCCCCC/C=C\C/C=C\CCCCCCC)OC(=O)CCCCCCCCCCC/C=C\C/C=C\CCCCCCC. The van der Waals surface area contributed by atoms with Crippen molar-refractivity contribution in [3.63, 3.8) is 0 Å². The van der Waals surface area contributed by atoms with Crippen LogP contribution in [0.3, 0.4) is 0 Å².